The SMILES string of the molecule is COc1cccc(NC(=O)COc2ccc(/C=N\Nc3ncnc4sc5c(c34)CCCC5)cc2OC)c1. The summed E-state index contributed by atoms with van der Waals surface area (Å²) in [6, 6.07) is 12.5. The minimum atomic E-state index is -0.295. The Hall–Kier alpha value is -4.18. The van der Waals surface area contributed by atoms with E-state index >= 15 is 0 Å². The van der Waals surface area contributed by atoms with Gasteiger partial charge in [-0.15, -0.1) is 11.3 Å². The molecule has 1 aliphatic carbocycles. The van der Waals surface area contributed by atoms with Crippen molar-refractivity contribution in [3.8, 4) is 17.2 Å². The van der Waals surface area contributed by atoms with Gasteiger partial charge in [0.15, 0.2) is 23.9 Å². The first-order chi connectivity index (χ1) is 18.1. The van der Waals surface area contributed by atoms with Gasteiger partial charge in [0.2, 0.25) is 0 Å². The maximum absolute atomic E-state index is 12.3. The summed E-state index contributed by atoms with van der Waals surface area (Å²) in [7, 11) is 3.13. The first kappa shape index (κ1) is 24.5. The minimum absolute atomic E-state index is 0.169. The van der Waals surface area contributed by atoms with Gasteiger partial charge in [0.05, 0.1) is 25.8 Å². The molecule has 4 aromatic rings. The monoisotopic (exact) mass is 517 g/mol. The second-order valence-electron chi connectivity index (χ2n) is 8.46. The average molecular weight is 518 g/mol. The molecule has 37 heavy (non-hydrogen) atoms. The lowest BCUT2D eigenvalue weighted by Gasteiger charge is -2.12. The zero-order valence-corrected chi connectivity index (χ0v) is 21.4. The first-order valence-corrected chi connectivity index (χ1v) is 12.8. The van der Waals surface area contributed by atoms with Crippen LogP contribution >= 0.6 is 11.3 Å². The van der Waals surface area contributed by atoms with Gasteiger partial charge in [0.25, 0.3) is 5.91 Å². The number of aryl methyl sites for hydroxylation is 2. The van der Waals surface area contributed by atoms with Crippen molar-refractivity contribution in [3.05, 3.63) is 64.8 Å². The molecule has 0 unspecified atom stereocenters. The Bertz CT molecular complexity index is 1450. The fraction of sp³-hybridized carbons (Fsp3) is 0.259. The van der Waals surface area contributed by atoms with Crippen LogP contribution in [0, 0.1) is 0 Å². The number of ether oxygens (including phenoxy) is 3. The number of hydrogen-bond donors (Lipinski definition) is 2. The van der Waals surface area contributed by atoms with E-state index in [4.69, 9.17) is 14.2 Å². The largest absolute Gasteiger partial charge is 0.497 e. The highest BCUT2D eigenvalue weighted by Crippen LogP contribution is 2.38. The molecule has 0 radical (unpaired) electrons. The normalized spacial score (nSPS) is 12.8. The summed E-state index contributed by atoms with van der Waals surface area (Å²) < 4.78 is 16.3. The van der Waals surface area contributed by atoms with Crippen molar-refractivity contribution in [2.45, 2.75) is 25.7 Å². The maximum atomic E-state index is 12.3. The Morgan fingerprint density at radius 2 is 1.97 bits per heavy atom. The molecule has 0 saturated heterocycles. The number of hydrazone groups is 1. The number of carbonyl (C=O) groups excluding carboxylic acids is 1. The zero-order valence-electron chi connectivity index (χ0n) is 20.6. The van der Waals surface area contributed by atoms with Crippen LogP contribution in [0.5, 0.6) is 17.2 Å². The highest BCUT2D eigenvalue weighted by atomic mass is 32.1. The number of thiophene rings is 1. The van der Waals surface area contributed by atoms with Gasteiger partial charge < -0.3 is 19.5 Å². The van der Waals surface area contributed by atoms with E-state index in [1.165, 1.54) is 23.3 Å². The highest BCUT2D eigenvalue weighted by molar-refractivity contribution is 7.19. The second-order valence-corrected chi connectivity index (χ2v) is 9.55. The average Bonchev–Trinajstić information content (AvgIpc) is 3.32. The number of amides is 1. The van der Waals surface area contributed by atoms with E-state index < -0.39 is 0 Å². The lowest BCUT2D eigenvalue weighted by molar-refractivity contribution is -0.118. The smallest absolute Gasteiger partial charge is 0.262 e. The Morgan fingerprint density at radius 1 is 1.08 bits per heavy atom. The minimum Gasteiger partial charge on any atom is -0.497 e. The third kappa shape index (κ3) is 5.64. The molecule has 0 spiro atoms. The number of carbonyl (C=O) groups is 1. The third-order valence-corrected chi connectivity index (χ3v) is 7.24. The Kier molecular flexibility index (Phi) is 7.46. The number of rotatable bonds is 9. The fourth-order valence-electron chi connectivity index (χ4n) is 4.27. The van der Waals surface area contributed by atoms with Crippen molar-refractivity contribution in [1.82, 2.24) is 9.97 Å². The number of nitrogens with zero attached hydrogens (tertiary/aromatic N) is 3. The van der Waals surface area contributed by atoms with E-state index in [9.17, 15) is 4.79 Å². The molecule has 0 fully saturated rings. The number of hydrogen-bond acceptors (Lipinski definition) is 9. The number of anilines is 2. The quantitative estimate of drug-likeness (QED) is 0.236. The van der Waals surface area contributed by atoms with Crippen LogP contribution in [0.3, 0.4) is 0 Å². The van der Waals surface area contributed by atoms with Gasteiger partial charge >= 0.3 is 0 Å². The number of benzene rings is 2. The molecule has 0 saturated carbocycles. The predicted octanol–water partition coefficient (Wildman–Crippen LogP) is 5.05. The second kappa shape index (κ2) is 11.3. The zero-order chi connectivity index (χ0) is 25.6. The van der Waals surface area contributed by atoms with E-state index in [1.807, 2.05) is 6.07 Å². The summed E-state index contributed by atoms with van der Waals surface area (Å²) in [6.45, 7) is -0.169. The lowest BCUT2D eigenvalue weighted by Crippen LogP contribution is -2.20. The van der Waals surface area contributed by atoms with Crippen molar-refractivity contribution in [2.75, 3.05) is 31.6 Å². The lowest BCUT2D eigenvalue weighted by atomic mass is 9.97. The van der Waals surface area contributed by atoms with Crippen LogP contribution in [0.2, 0.25) is 0 Å². The molecule has 5 rings (SSSR count). The molecule has 2 heterocycles. The molecule has 190 valence electrons. The van der Waals surface area contributed by atoms with Gasteiger partial charge in [-0.3, -0.25) is 10.2 Å². The maximum Gasteiger partial charge on any atom is 0.262 e. The molecule has 10 heteroatoms. The van der Waals surface area contributed by atoms with Crippen LogP contribution < -0.4 is 25.0 Å². The number of aromatic nitrogens is 2. The molecule has 1 amide bonds. The van der Waals surface area contributed by atoms with Crippen LogP contribution in [-0.4, -0.2) is 42.9 Å². The van der Waals surface area contributed by atoms with Crippen molar-refractivity contribution >= 4 is 45.2 Å². The van der Waals surface area contributed by atoms with Crippen LogP contribution in [0.25, 0.3) is 10.2 Å². The topological polar surface area (TPSA) is 107 Å². The van der Waals surface area contributed by atoms with E-state index in [0.717, 1.165) is 34.4 Å². The van der Waals surface area contributed by atoms with Gasteiger partial charge in [-0.1, -0.05) is 6.07 Å². The Balaban J connectivity index is 1.23. The van der Waals surface area contributed by atoms with Gasteiger partial charge in [0, 0.05) is 16.6 Å². The fourth-order valence-corrected chi connectivity index (χ4v) is 5.50. The van der Waals surface area contributed by atoms with Gasteiger partial charge in [0.1, 0.15) is 16.9 Å². The molecule has 2 aromatic carbocycles. The molecular weight excluding hydrogens is 490 g/mol. The third-order valence-electron chi connectivity index (χ3n) is 6.04. The van der Waals surface area contributed by atoms with Crippen LogP contribution in [0.1, 0.15) is 28.8 Å². The van der Waals surface area contributed by atoms with Crippen molar-refractivity contribution in [3.63, 3.8) is 0 Å². The molecule has 2 N–H and O–H groups in total. The Morgan fingerprint density at radius 3 is 2.84 bits per heavy atom. The molecule has 0 atom stereocenters. The molecule has 9 nitrogen and oxygen atoms in total. The van der Waals surface area contributed by atoms with Gasteiger partial charge in [-0.25, -0.2) is 9.97 Å². The number of methoxy groups -OCH3 is 2. The van der Waals surface area contributed by atoms with Gasteiger partial charge in [-0.2, -0.15) is 5.10 Å². The van der Waals surface area contributed by atoms with E-state index in [-0.39, 0.29) is 12.5 Å². The summed E-state index contributed by atoms with van der Waals surface area (Å²) >= 11 is 1.75. The van der Waals surface area contributed by atoms with Crippen LogP contribution in [-0.2, 0) is 17.6 Å². The summed E-state index contributed by atoms with van der Waals surface area (Å²) in [5.74, 6) is 2.03. The van der Waals surface area contributed by atoms with Crippen molar-refractivity contribution < 1.29 is 19.0 Å². The first-order valence-electron chi connectivity index (χ1n) is 11.9. The standard InChI is InChI=1S/C27H27N5O4S/c1-34-19-7-5-6-18(13-19)31-24(33)15-36-21-11-10-17(12-22(21)35-2)14-30-32-26-25-20-8-3-4-9-23(20)37-27(25)29-16-28-26/h5-7,10-14,16H,3-4,8-9,15H2,1-2H3,(H,31,33)(H,28,29,32)/b30-14-. The van der Waals surface area contributed by atoms with E-state index in [1.54, 1.807) is 74.5 Å². The molecule has 0 aliphatic heterocycles. The molecule has 0 bridgehead atoms. The summed E-state index contributed by atoms with van der Waals surface area (Å²) in [5, 5.41) is 8.26. The molecule has 1 aliphatic rings. The van der Waals surface area contributed by atoms with E-state index in [2.05, 4.69) is 25.8 Å². The molecular formula is C27H27N5O4S. The van der Waals surface area contributed by atoms with Crippen LogP contribution in [0.15, 0.2) is 53.9 Å². The Labute approximate surface area is 218 Å². The van der Waals surface area contributed by atoms with Crippen molar-refractivity contribution in [1.29, 1.82) is 0 Å². The number of fused-ring (bicyclic) bond motifs is 3. The highest BCUT2D eigenvalue weighted by Gasteiger charge is 2.19. The number of nitrogens with one attached hydrogen (secondary N) is 2. The summed E-state index contributed by atoms with van der Waals surface area (Å²) in [4.78, 5) is 23.6. The molecule has 2 aromatic heterocycles. The van der Waals surface area contributed by atoms with Gasteiger partial charge in [-0.05, 0) is 67.1 Å². The summed E-state index contributed by atoms with van der Waals surface area (Å²) in [5.41, 5.74) is 5.87. The summed E-state index contributed by atoms with van der Waals surface area (Å²) in [6.07, 6.45) is 7.83. The van der Waals surface area contributed by atoms with E-state index in [0.29, 0.717) is 22.9 Å². The van der Waals surface area contributed by atoms with Crippen molar-refractivity contribution in [2.24, 2.45) is 5.10 Å². The predicted molar refractivity (Wildman–Crippen MR) is 145 cm³/mol. The van der Waals surface area contributed by atoms with Crippen LogP contribution in [0.4, 0.5) is 11.5 Å².